The number of fused-ring (bicyclic) bond motifs is 1. The zero-order valence-corrected chi connectivity index (χ0v) is 19.7. The van der Waals surface area contributed by atoms with Crippen molar-refractivity contribution in [2.45, 2.75) is 82.9 Å². The van der Waals surface area contributed by atoms with E-state index in [4.69, 9.17) is 4.74 Å². The van der Waals surface area contributed by atoms with E-state index >= 15 is 0 Å². The first-order valence-corrected chi connectivity index (χ1v) is 12.4. The van der Waals surface area contributed by atoms with E-state index in [0.717, 1.165) is 82.1 Å². The number of nitrogens with one attached hydrogen (secondary N) is 1. The Bertz CT molecular complexity index is 748. The number of nitrogens with zero attached hydrogens (tertiary/aromatic N) is 2. The third kappa shape index (κ3) is 9.35. The lowest BCUT2D eigenvalue weighted by molar-refractivity contribution is -0.144. The van der Waals surface area contributed by atoms with Gasteiger partial charge in [0.25, 0.3) is 11.1 Å². The summed E-state index contributed by atoms with van der Waals surface area (Å²) in [6.07, 6.45) is 0.329. The van der Waals surface area contributed by atoms with Crippen LogP contribution < -0.4 is 10.1 Å². The Hall–Kier alpha value is -1.49. The molecule has 0 spiro atoms. The van der Waals surface area contributed by atoms with Crippen molar-refractivity contribution in [2.24, 2.45) is 5.92 Å². The molecule has 1 fully saturated rings. The number of ether oxygens (including phenoxy) is 1. The highest BCUT2D eigenvalue weighted by molar-refractivity contribution is 7.13. The second-order valence-electron chi connectivity index (χ2n) is 9.24. The van der Waals surface area contributed by atoms with Crippen molar-refractivity contribution in [2.75, 3.05) is 26.2 Å². The summed E-state index contributed by atoms with van der Waals surface area (Å²) in [6, 6.07) is -0.0219. The second kappa shape index (κ2) is 11.3. The number of aromatic nitrogens is 1. The topological polar surface area (TPSA) is 54.5 Å². The van der Waals surface area contributed by atoms with Crippen LogP contribution in [0.15, 0.2) is 0 Å². The number of carbonyl (C=O) groups is 1. The highest BCUT2D eigenvalue weighted by atomic mass is 32.1. The van der Waals surface area contributed by atoms with E-state index < -0.39 is 37.5 Å². The number of hydrogen-bond acceptors (Lipinski definition) is 5. The molecule has 33 heavy (non-hydrogen) atoms. The fourth-order valence-electron chi connectivity index (χ4n) is 4.38. The molecule has 1 amide bonds. The molecule has 5 nitrogen and oxygen atoms in total. The molecule has 11 heteroatoms. The molecule has 1 aromatic heterocycles. The summed E-state index contributed by atoms with van der Waals surface area (Å²) in [5.41, 5.74) is 0.943. The van der Waals surface area contributed by atoms with Crippen LogP contribution >= 0.6 is 11.3 Å². The van der Waals surface area contributed by atoms with E-state index in [1.165, 1.54) is 11.3 Å². The van der Waals surface area contributed by atoms with Crippen LogP contribution in [0.4, 0.5) is 22.0 Å². The zero-order chi connectivity index (χ0) is 24.1. The smallest absolute Gasteiger partial charge is 0.389 e. The number of alkyl halides is 5. The second-order valence-corrected chi connectivity index (χ2v) is 10.3. The van der Waals surface area contributed by atoms with Crippen LogP contribution in [0.3, 0.4) is 0 Å². The lowest BCUT2D eigenvalue weighted by Gasteiger charge is -2.30. The van der Waals surface area contributed by atoms with Crippen molar-refractivity contribution in [1.29, 1.82) is 0 Å². The maximum atomic E-state index is 13.0. The van der Waals surface area contributed by atoms with Crippen molar-refractivity contribution in [3.63, 3.8) is 0 Å². The van der Waals surface area contributed by atoms with Gasteiger partial charge in [0.15, 0.2) is 6.61 Å². The van der Waals surface area contributed by atoms with Crippen LogP contribution in [0.5, 0.6) is 5.19 Å². The maximum Gasteiger partial charge on any atom is 0.389 e. The van der Waals surface area contributed by atoms with Crippen LogP contribution in [-0.2, 0) is 17.6 Å². The summed E-state index contributed by atoms with van der Waals surface area (Å²) < 4.78 is 67.8. The number of carbonyl (C=O) groups excluding carboxylic acids is 1. The largest absolute Gasteiger partial charge is 0.464 e. The van der Waals surface area contributed by atoms with Crippen molar-refractivity contribution in [1.82, 2.24) is 15.2 Å². The van der Waals surface area contributed by atoms with Gasteiger partial charge in [0, 0.05) is 43.8 Å². The molecule has 2 aliphatic rings. The highest BCUT2D eigenvalue weighted by Crippen LogP contribution is 2.31. The van der Waals surface area contributed by atoms with Gasteiger partial charge in [0.2, 0.25) is 5.91 Å². The molecule has 188 valence electrons. The van der Waals surface area contributed by atoms with Crippen LogP contribution in [0.25, 0.3) is 0 Å². The molecule has 1 aliphatic heterocycles. The summed E-state index contributed by atoms with van der Waals surface area (Å²) in [5, 5.41) is 3.06. The molecule has 3 rings (SSSR count). The highest BCUT2D eigenvalue weighted by Gasteiger charge is 2.29. The standard InChI is InChI=1S/C22H32F5N3O2S/c1-21(23,24)14-32-20-29-17-8-12-30(13-9-18(17)33-20)11-7-15-2-4-16(5-3-15)28-19(31)6-10-22(25,26)27/h15-16H,2-14H2,1H3,(H,28,31)/t15-,16-. The predicted molar refractivity (Wildman–Crippen MR) is 116 cm³/mol. The van der Waals surface area contributed by atoms with Gasteiger partial charge in [-0.3, -0.25) is 4.79 Å². The van der Waals surface area contributed by atoms with Gasteiger partial charge >= 0.3 is 6.18 Å². The van der Waals surface area contributed by atoms with Crippen molar-refractivity contribution < 1.29 is 31.5 Å². The minimum absolute atomic E-state index is 0.0219. The normalized spacial score (nSPS) is 22.5. The van der Waals surface area contributed by atoms with Crippen LogP contribution in [0, 0.1) is 5.92 Å². The Morgan fingerprint density at radius 3 is 2.52 bits per heavy atom. The number of hydrogen-bond donors (Lipinski definition) is 1. The Labute approximate surface area is 195 Å². The van der Waals surface area contributed by atoms with Gasteiger partial charge in [-0.1, -0.05) is 11.3 Å². The van der Waals surface area contributed by atoms with E-state index in [1.54, 1.807) is 0 Å². The van der Waals surface area contributed by atoms with Gasteiger partial charge in [-0.2, -0.15) is 13.2 Å². The molecule has 2 heterocycles. The van der Waals surface area contributed by atoms with Gasteiger partial charge in [0.05, 0.1) is 12.1 Å². The molecule has 1 aromatic rings. The van der Waals surface area contributed by atoms with Gasteiger partial charge < -0.3 is 15.0 Å². The Morgan fingerprint density at radius 1 is 1.15 bits per heavy atom. The SMILES string of the molecule is CC(F)(F)COc1nc2c(s1)CCN(CC[C@H]1CC[C@H](NC(=O)CCC(F)(F)F)CC1)CC2. The van der Waals surface area contributed by atoms with E-state index in [2.05, 4.69) is 15.2 Å². The molecule has 1 N–H and O–H groups in total. The number of rotatable bonds is 9. The third-order valence-corrected chi connectivity index (χ3v) is 7.30. The first kappa shape index (κ1) is 26.1. The monoisotopic (exact) mass is 497 g/mol. The molecule has 0 radical (unpaired) electrons. The molecule has 0 saturated heterocycles. The minimum atomic E-state index is -4.30. The summed E-state index contributed by atoms with van der Waals surface area (Å²) >= 11 is 1.36. The number of thiazole rings is 1. The molecular formula is C22H32F5N3O2S. The van der Waals surface area contributed by atoms with Gasteiger partial charge in [0.1, 0.15) is 0 Å². The van der Waals surface area contributed by atoms with E-state index in [0.29, 0.717) is 11.1 Å². The quantitative estimate of drug-likeness (QED) is 0.489. The van der Waals surface area contributed by atoms with Crippen molar-refractivity contribution in [3.8, 4) is 5.19 Å². The number of halogens is 5. The lowest BCUT2D eigenvalue weighted by Crippen LogP contribution is -2.38. The molecule has 1 saturated carbocycles. The summed E-state index contributed by atoms with van der Waals surface area (Å²) in [4.78, 5) is 19.6. The zero-order valence-electron chi connectivity index (χ0n) is 18.9. The summed E-state index contributed by atoms with van der Waals surface area (Å²) in [6.45, 7) is 2.89. The Balaban J connectivity index is 1.33. The summed E-state index contributed by atoms with van der Waals surface area (Å²) in [5.74, 6) is -2.84. The van der Waals surface area contributed by atoms with E-state index in [1.807, 2.05) is 0 Å². The van der Waals surface area contributed by atoms with Crippen molar-refractivity contribution in [3.05, 3.63) is 10.6 Å². The predicted octanol–water partition coefficient (Wildman–Crippen LogP) is 4.99. The maximum absolute atomic E-state index is 13.0. The van der Waals surface area contributed by atoms with Crippen molar-refractivity contribution >= 4 is 17.2 Å². The molecule has 0 atom stereocenters. The molecule has 0 aromatic carbocycles. The molecule has 0 unspecified atom stereocenters. The molecule has 0 bridgehead atoms. The molecular weight excluding hydrogens is 465 g/mol. The fourth-order valence-corrected chi connectivity index (χ4v) is 5.32. The van der Waals surface area contributed by atoms with Crippen LogP contribution in [0.2, 0.25) is 0 Å². The van der Waals surface area contributed by atoms with Crippen LogP contribution in [-0.4, -0.2) is 60.2 Å². The third-order valence-electron chi connectivity index (χ3n) is 6.23. The average molecular weight is 498 g/mol. The summed E-state index contributed by atoms with van der Waals surface area (Å²) in [7, 11) is 0. The van der Waals surface area contributed by atoms with Gasteiger partial charge in [-0.05, 0) is 51.0 Å². The first-order valence-electron chi connectivity index (χ1n) is 11.5. The van der Waals surface area contributed by atoms with Gasteiger partial charge in [-0.15, -0.1) is 0 Å². The Morgan fingerprint density at radius 2 is 1.85 bits per heavy atom. The van der Waals surface area contributed by atoms with E-state index in [9.17, 15) is 26.7 Å². The number of amides is 1. The fraction of sp³-hybridized carbons (Fsp3) is 0.818. The van der Waals surface area contributed by atoms with Gasteiger partial charge in [-0.25, -0.2) is 13.8 Å². The Kier molecular flexibility index (Phi) is 8.94. The minimum Gasteiger partial charge on any atom is -0.464 e. The average Bonchev–Trinajstić information content (AvgIpc) is 3.03. The lowest BCUT2D eigenvalue weighted by atomic mass is 9.84. The van der Waals surface area contributed by atoms with Crippen LogP contribution in [0.1, 0.15) is 62.4 Å². The van der Waals surface area contributed by atoms with E-state index in [-0.39, 0.29) is 6.04 Å². The molecule has 1 aliphatic carbocycles. The first-order chi connectivity index (χ1) is 15.5.